The average Bonchev–Trinajstić information content (AvgIpc) is 2.28. The van der Waals surface area contributed by atoms with Crippen LogP contribution in [-0.2, 0) is 6.42 Å². The Hall–Kier alpha value is -1.09. The molecule has 3 heteroatoms. The van der Waals surface area contributed by atoms with Crippen molar-refractivity contribution in [1.29, 1.82) is 0 Å². The Morgan fingerprint density at radius 3 is 2.71 bits per heavy atom. The highest BCUT2D eigenvalue weighted by atomic mass is 79.9. The van der Waals surface area contributed by atoms with Gasteiger partial charge < -0.3 is 5.32 Å². The Labute approximate surface area is 111 Å². The zero-order valence-corrected chi connectivity index (χ0v) is 12.1. The van der Waals surface area contributed by atoms with Gasteiger partial charge >= 0.3 is 0 Å². The molecular weight excluding hydrogens is 276 g/mol. The molecule has 0 spiro atoms. The minimum Gasteiger partial charge on any atom is -0.373 e. The number of halogens is 1. The Bertz CT molecular complexity index is 549. The number of anilines is 1. The Kier molecular flexibility index (Phi) is 3.67. The van der Waals surface area contributed by atoms with Crippen LogP contribution in [0.4, 0.5) is 5.82 Å². The number of aryl methyl sites for hydroxylation is 2. The van der Waals surface area contributed by atoms with Crippen molar-refractivity contribution in [2.75, 3.05) is 12.4 Å². The molecule has 90 valence electrons. The number of pyridine rings is 1. The van der Waals surface area contributed by atoms with Crippen LogP contribution in [0.15, 0.2) is 22.7 Å². The van der Waals surface area contributed by atoms with Crippen molar-refractivity contribution in [3.63, 3.8) is 0 Å². The van der Waals surface area contributed by atoms with Crippen LogP contribution in [0.3, 0.4) is 0 Å². The predicted molar refractivity (Wildman–Crippen MR) is 77.7 cm³/mol. The summed E-state index contributed by atoms with van der Waals surface area (Å²) in [5.74, 6) is 0.990. The fraction of sp³-hybridized carbons (Fsp3) is 0.357. The molecule has 0 aliphatic heterocycles. The zero-order valence-electron chi connectivity index (χ0n) is 10.5. The third kappa shape index (κ3) is 2.44. The monoisotopic (exact) mass is 292 g/mol. The lowest BCUT2D eigenvalue weighted by atomic mass is 10.1. The Morgan fingerprint density at radius 1 is 1.29 bits per heavy atom. The van der Waals surface area contributed by atoms with Crippen molar-refractivity contribution in [2.45, 2.75) is 26.7 Å². The molecule has 0 bridgehead atoms. The zero-order chi connectivity index (χ0) is 12.4. The second-order valence-corrected chi connectivity index (χ2v) is 5.17. The van der Waals surface area contributed by atoms with Gasteiger partial charge in [-0.1, -0.05) is 13.3 Å². The van der Waals surface area contributed by atoms with E-state index in [1.54, 1.807) is 0 Å². The summed E-state index contributed by atoms with van der Waals surface area (Å²) in [5.41, 5.74) is 3.57. The number of hydrogen-bond acceptors (Lipinski definition) is 2. The maximum atomic E-state index is 4.69. The minimum atomic E-state index is 0.990. The number of benzene rings is 1. The molecule has 2 aromatic rings. The number of rotatable bonds is 3. The molecule has 0 radical (unpaired) electrons. The Balaban J connectivity index is 2.69. The normalized spacial score (nSPS) is 10.8. The number of hydrogen-bond donors (Lipinski definition) is 1. The number of aromatic nitrogens is 1. The highest BCUT2D eigenvalue weighted by molar-refractivity contribution is 9.10. The highest BCUT2D eigenvalue weighted by Crippen LogP contribution is 2.28. The first-order chi connectivity index (χ1) is 8.15. The first-order valence-corrected chi connectivity index (χ1v) is 6.72. The number of nitrogens with one attached hydrogen (secondary N) is 1. The van der Waals surface area contributed by atoms with E-state index in [1.165, 1.54) is 16.5 Å². The molecule has 0 aliphatic carbocycles. The maximum Gasteiger partial charge on any atom is 0.129 e. The summed E-state index contributed by atoms with van der Waals surface area (Å²) in [6.07, 6.45) is 2.19. The van der Waals surface area contributed by atoms with Crippen molar-refractivity contribution < 1.29 is 0 Å². The van der Waals surface area contributed by atoms with E-state index >= 15 is 0 Å². The minimum absolute atomic E-state index is 0.990. The van der Waals surface area contributed by atoms with E-state index in [1.807, 2.05) is 7.05 Å². The van der Waals surface area contributed by atoms with Crippen LogP contribution in [0.2, 0.25) is 0 Å². The van der Waals surface area contributed by atoms with E-state index in [4.69, 9.17) is 4.98 Å². The fourth-order valence-corrected chi connectivity index (χ4v) is 2.78. The SMILES string of the molecule is CCCc1cc2cc(C)cc(Br)c2nc1NC. The van der Waals surface area contributed by atoms with Gasteiger partial charge in [-0.3, -0.25) is 0 Å². The van der Waals surface area contributed by atoms with Gasteiger partial charge in [-0.2, -0.15) is 0 Å². The van der Waals surface area contributed by atoms with Crippen LogP contribution in [0.5, 0.6) is 0 Å². The van der Waals surface area contributed by atoms with E-state index in [0.717, 1.165) is 28.6 Å². The molecule has 0 atom stereocenters. The van der Waals surface area contributed by atoms with Gasteiger partial charge in [0, 0.05) is 16.9 Å². The lowest BCUT2D eigenvalue weighted by molar-refractivity contribution is 0.918. The van der Waals surface area contributed by atoms with E-state index < -0.39 is 0 Å². The van der Waals surface area contributed by atoms with Crippen LogP contribution in [0, 0.1) is 6.92 Å². The molecule has 0 unspecified atom stereocenters. The molecule has 1 aromatic heterocycles. The maximum absolute atomic E-state index is 4.69. The first-order valence-electron chi connectivity index (χ1n) is 5.93. The smallest absolute Gasteiger partial charge is 0.129 e. The van der Waals surface area contributed by atoms with Crippen molar-refractivity contribution in [3.8, 4) is 0 Å². The molecule has 2 rings (SSSR count). The van der Waals surface area contributed by atoms with Gasteiger partial charge in [0.05, 0.1) is 5.52 Å². The molecule has 1 heterocycles. The van der Waals surface area contributed by atoms with E-state index in [2.05, 4.69) is 53.3 Å². The van der Waals surface area contributed by atoms with Crippen LogP contribution in [-0.4, -0.2) is 12.0 Å². The molecule has 0 aliphatic rings. The van der Waals surface area contributed by atoms with E-state index in [9.17, 15) is 0 Å². The predicted octanol–water partition coefficient (Wildman–Crippen LogP) is 4.30. The average molecular weight is 293 g/mol. The largest absolute Gasteiger partial charge is 0.373 e. The van der Waals surface area contributed by atoms with Crippen LogP contribution < -0.4 is 5.32 Å². The van der Waals surface area contributed by atoms with Gasteiger partial charge in [-0.25, -0.2) is 4.98 Å². The topological polar surface area (TPSA) is 24.9 Å². The summed E-state index contributed by atoms with van der Waals surface area (Å²) >= 11 is 3.58. The van der Waals surface area contributed by atoms with Crippen LogP contribution in [0.1, 0.15) is 24.5 Å². The standard InChI is InChI=1S/C14H17BrN2/c1-4-5-10-8-11-6-9(2)7-12(15)13(11)17-14(10)16-3/h6-8H,4-5H2,1-3H3,(H,16,17). The quantitative estimate of drug-likeness (QED) is 0.912. The Morgan fingerprint density at radius 2 is 2.06 bits per heavy atom. The third-order valence-corrected chi connectivity index (χ3v) is 3.46. The summed E-state index contributed by atoms with van der Waals surface area (Å²) in [4.78, 5) is 4.69. The molecule has 1 aromatic carbocycles. The van der Waals surface area contributed by atoms with Gasteiger partial charge in [0.25, 0.3) is 0 Å². The van der Waals surface area contributed by atoms with Crippen molar-refractivity contribution in [2.24, 2.45) is 0 Å². The molecule has 0 fully saturated rings. The highest BCUT2D eigenvalue weighted by Gasteiger charge is 2.08. The van der Waals surface area contributed by atoms with Gasteiger partial charge in [-0.05, 0) is 58.6 Å². The van der Waals surface area contributed by atoms with Gasteiger partial charge in [0.1, 0.15) is 5.82 Å². The summed E-state index contributed by atoms with van der Waals surface area (Å²) in [5, 5.41) is 4.39. The van der Waals surface area contributed by atoms with Gasteiger partial charge in [0.15, 0.2) is 0 Å². The van der Waals surface area contributed by atoms with Gasteiger partial charge in [0.2, 0.25) is 0 Å². The second kappa shape index (κ2) is 5.05. The first kappa shape index (κ1) is 12.4. The molecule has 0 saturated heterocycles. The lowest BCUT2D eigenvalue weighted by Crippen LogP contribution is -1.99. The molecule has 2 nitrogen and oxygen atoms in total. The van der Waals surface area contributed by atoms with Crippen molar-refractivity contribution in [1.82, 2.24) is 4.98 Å². The second-order valence-electron chi connectivity index (χ2n) is 4.31. The molecular formula is C14H17BrN2. The summed E-state index contributed by atoms with van der Waals surface area (Å²) in [6.45, 7) is 4.30. The summed E-state index contributed by atoms with van der Waals surface area (Å²) in [7, 11) is 1.93. The third-order valence-electron chi connectivity index (χ3n) is 2.85. The van der Waals surface area contributed by atoms with E-state index in [0.29, 0.717) is 0 Å². The summed E-state index contributed by atoms with van der Waals surface area (Å²) < 4.78 is 1.06. The van der Waals surface area contributed by atoms with Crippen LogP contribution >= 0.6 is 15.9 Å². The molecule has 1 N–H and O–H groups in total. The van der Waals surface area contributed by atoms with E-state index in [-0.39, 0.29) is 0 Å². The van der Waals surface area contributed by atoms with Crippen molar-refractivity contribution in [3.05, 3.63) is 33.8 Å². The number of fused-ring (bicyclic) bond motifs is 1. The van der Waals surface area contributed by atoms with Crippen LogP contribution in [0.25, 0.3) is 10.9 Å². The molecule has 17 heavy (non-hydrogen) atoms. The molecule has 0 saturated carbocycles. The van der Waals surface area contributed by atoms with Gasteiger partial charge in [-0.15, -0.1) is 0 Å². The number of nitrogens with zero attached hydrogens (tertiary/aromatic N) is 1. The van der Waals surface area contributed by atoms with Crippen molar-refractivity contribution >= 4 is 32.7 Å². The fourth-order valence-electron chi connectivity index (χ4n) is 2.11. The summed E-state index contributed by atoms with van der Waals surface area (Å²) in [6, 6.07) is 6.54. The lowest BCUT2D eigenvalue weighted by Gasteiger charge is -2.11. The molecule has 0 amide bonds.